The normalized spacial score (nSPS) is 12.8. The van der Waals surface area contributed by atoms with Crippen molar-refractivity contribution in [3.63, 3.8) is 0 Å². The molecule has 4 nitrogen and oxygen atoms in total. The van der Waals surface area contributed by atoms with Crippen molar-refractivity contribution in [1.29, 1.82) is 0 Å². The minimum atomic E-state index is -5.26. The van der Waals surface area contributed by atoms with Gasteiger partial charge in [0.1, 0.15) is 0 Å². The fraction of sp³-hybridized carbons (Fsp3) is 1.00. The van der Waals surface area contributed by atoms with E-state index in [-0.39, 0.29) is 0 Å². The Morgan fingerprint density at radius 1 is 0.800 bits per heavy atom. The summed E-state index contributed by atoms with van der Waals surface area (Å²) in [5.41, 5.74) is 0. The van der Waals surface area contributed by atoms with E-state index < -0.39 is 12.1 Å². The van der Waals surface area contributed by atoms with E-state index in [9.17, 15) is 17.6 Å². The van der Waals surface area contributed by atoms with Crippen molar-refractivity contribution in [2.24, 2.45) is 10.4 Å². The van der Waals surface area contributed by atoms with Crippen LogP contribution in [0.1, 0.15) is 0 Å². The minimum absolute atomic E-state index is 0.736. The molecule has 0 saturated heterocycles. The first-order valence-electron chi connectivity index (χ1n) is 1.82. The zero-order valence-electron chi connectivity index (χ0n) is 4.22. The van der Waals surface area contributed by atoms with Crippen LogP contribution in [0.2, 0.25) is 0 Å². The van der Waals surface area contributed by atoms with Crippen LogP contribution in [-0.2, 0) is 0 Å². The Hall–Kier alpha value is -1.08. The van der Waals surface area contributed by atoms with E-state index in [1.807, 2.05) is 0 Å². The molecule has 0 rings (SSSR count). The van der Waals surface area contributed by atoms with Crippen LogP contribution in [0.3, 0.4) is 0 Å². The summed E-state index contributed by atoms with van der Waals surface area (Å²) in [6.07, 6.45) is 0. The highest BCUT2D eigenvalue weighted by molar-refractivity contribution is 4.78. The maximum Gasteiger partial charge on any atom is 0.465 e. The quantitative estimate of drug-likeness (QED) is 0.358. The van der Waals surface area contributed by atoms with Gasteiger partial charge in [-0.2, -0.15) is 17.6 Å². The van der Waals surface area contributed by atoms with Gasteiger partial charge in [-0.25, -0.2) is 0 Å². The first-order valence-corrected chi connectivity index (χ1v) is 1.82. The van der Waals surface area contributed by atoms with Gasteiger partial charge in [0.05, 0.1) is 0 Å². The molecule has 0 amide bonds. The van der Waals surface area contributed by atoms with Crippen LogP contribution in [-0.4, -0.2) is 12.1 Å². The van der Waals surface area contributed by atoms with E-state index >= 15 is 0 Å². The van der Waals surface area contributed by atoms with Crippen LogP contribution in [0.5, 0.6) is 0 Å². The molecule has 0 heterocycles. The summed E-state index contributed by atoms with van der Waals surface area (Å²) < 4.78 is 45.6. The smallest absolute Gasteiger partial charge is 0.169 e. The molecule has 0 aliphatic rings. The van der Waals surface area contributed by atoms with Gasteiger partial charge in [-0.1, -0.05) is 0 Å². The van der Waals surface area contributed by atoms with Crippen LogP contribution < -0.4 is 0 Å². The molecule has 0 saturated carbocycles. The molecule has 0 aliphatic carbocycles. The fourth-order valence-electron chi connectivity index (χ4n) is 0.110. The Balaban J connectivity index is 4.59. The Labute approximate surface area is 51.2 Å². The number of halogens is 4. The van der Waals surface area contributed by atoms with Gasteiger partial charge in [0.25, 0.3) is 0 Å². The average Bonchev–Trinajstić information content (AvgIpc) is 1.88. The monoisotopic (exact) mass is 160 g/mol. The van der Waals surface area contributed by atoms with Gasteiger partial charge in [0.15, 0.2) is 0 Å². The summed E-state index contributed by atoms with van der Waals surface area (Å²) in [5, 5.41) is 1.47. The second kappa shape index (κ2) is 2.27. The van der Waals surface area contributed by atoms with Gasteiger partial charge in [0, 0.05) is 10.4 Å². The van der Waals surface area contributed by atoms with E-state index in [4.69, 9.17) is 9.81 Å². The van der Waals surface area contributed by atoms with Gasteiger partial charge >= 0.3 is 12.1 Å². The van der Waals surface area contributed by atoms with Crippen LogP contribution in [0.15, 0.2) is 10.4 Å². The maximum absolute atomic E-state index is 11.4. The molecular weight excluding hydrogens is 160 g/mol. The highest BCUT2D eigenvalue weighted by Gasteiger charge is 2.61. The van der Waals surface area contributed by atoms with Crippen molar-refractivity contribution in [3.05, 3.63) is 9.81 Å². The first kappa shape index (κ1) is 8.92. The number of hydrogen-bond donors (Lipinski definition) is 0. The predicted octanol–water partition coefficient (Wildman–Crippen LogP) is 1.70. The molecule has 58 valence electrons. The number of nitrogens with zero attached hydrogens (tertiary/aromatic N) is 2. The lowest BCUT2D eigenvalue weighted by atomic mass is 10.5. The zero-order valence-corrected chi connectivity index (χ0v) is 4.22. The Morgan fingerprint density at radius 2 is 1.00 bits per heavy atom. The van der Waals surface area contributed by atoms with E-state index in [1.165, 1.54) is 0 Å². The lowest BCUT2D eigenvalue weighted by Crippen LogP contribution is -2.35. The van der Waals surface area contributed by atoms with Crippen LogP contribution >= 0.6 is 0 Å². The van der Waals surface area contributed by atoms with Crippen LogP contribution in [0.4, 0.5) is 17.6 Å². The molecule has 0 unspecified atom stereocenters. The first-order chi connectivity index (χ1) is 4.37. The second-order valence-corrected chi connectivity index (χ2v) is 1.27. The highest BCUT2D eigenvalue weighted by Crippen LogP contribution is 2.35. The maximum atomic E-state index is 11.4. The van der Waals surface area contributed by atoms with Crippen molar-refractivity contribution in [3.8, 4) is 0 Å². The molecule has 0 aliphatic heterocycles. The summed E-state index contributed by atoms with van der Waals surface area (Å²) in [4.78, 5) is 17.9. The molecule has 0 atom stereocenters. The minimum Gasteiger partial charge on any atom is -0.169 e. The third-order valence-electron chi connectivity index (χ3n) is 0.591. The average molecular weight is 160 g/mol. The molecule has 0 bridgehead atoms. The van der Waals surface area contributed by atoms with Crippen molar-refractivity contribution >= 4 is 0 Å². The molecular formula is C2F4N2O2. The Kier molecular flexibility index (Phi) is 2.03. The Morgan fingerprint density at radius 3 is 1.10 bits per heavy atom. The largest absolute Gasteiger partial charge is 0.465 e. The number of alkyl halides is 4. The highest BCUT2D eigenvalue weighted by atomic mass is 19.3. The molecule has 0 aromatic carbocycles. The topological polar surface area (TPSA) is 58.9 Å². The molecule has 8 heteroatoms. The SMILES string of the molecule is O=NC(F)(F)C(F)(F)N=O. The third kappa shape index (κ3) is 1.25. The fourth-order valence-corrected chi connectivity index (χ4v) is 0.110. The summed E-state index contributed by atoms with van der Waals surface area (Å²) in [6, 6.07) is -10.5. The van der Waals surface area contributed by atoms with Crippen molar-refractivity contribution in [1.82, 2.24) is 0 Å². The van der Waals surface area contributed by atoms with Gasteiger partial charge in [-0.15, -0.1) is 9.81 Å². The van der Waals surface area contributed by atoms with E-state index in [1.54, 1.807) is 0 Å². The van der Waals surface area contributed by atoms with Crippen LogP contribution in [0.25, 0.3) is 0 Å². The molecule has 0 spiro atoms. The predicted molar refractivity (Wildman–Crippen MR) is 21.5 cm³/mol. The molecule has 0 aromatic heterocycles. The molecule has 0 N–H and O–H groups in total. The molecule has 0 radical (unpaired) electrons. The Bertz CT molecular complexity index is 139. The summed E-state index contributed by atoms with van der Waals surface area (Å²) in [6.45, 7) is 0. The lowest BCUT2D eigenvalue weighted by Gasteiger charge is -2.10. The standard InChI is InChI=1S/C2F4N2O2/c3-1(4,7-9)2(5,6)8-10. The third-order valence-corrected chi connectivity index (χ3v) is 0.591. The van der Waals surface area contributed by atoms with Gasteiger partial charge in [0.2, 0.25) is 0 Å². The van der Waals surface area contributed by atoms with Crippen molar-refractivity contribution < 1.29 is 17.6 Å². The molecule has 0 aromatic rings. The second-order valence-electron chi connectivity index (χ2n) is 1.27. The summed E-state index contributed by atoms with van der Waals surface area (Å²) in [7, 11) is 0. The van der Waals surface area contributed by atoms with Crippen molar-refractivity contribution in [2.45, 2.75) is 12.1 Å². The van der Waals surface area contributed by atoms with E-state index in [2.05, 4.69) is 0 Å². The number of rotatable bonds is 3. The summed E-state index contributed by atoms with van der Waals surface area (Å²) in [5.74, 6) is 0. The zero-order chi connectivity index (χ0) is 8.41. The van der Waals surface area contributed by atoms with E-state index in [0.29, 0.717) is 0 Å². The summed E-state index contributed by atoms with van der Waals surface area (Å²) >= 11 is 0. The van der Waals surface area contributed by atoms with Gasteiger partial charge in [-0.3, -0.25) is 0 Å². The molecule has 10 heavy (non-hydrogen) atoms. The van der Waals surface area contributed by atoms with Gasteiger partial charge in [-0.05, 0) is 0 Å². The van der Waals surface area contributed by atoms with Gasteiger partial charge < -0.3 is 0 Å². The number of nitroso groups, excluding NO2 is 2. The lowest BCUT2D eigenvalue weighted by molar-refractivity contribution is -0.199. The van der Waals surface area contributed by atoms with Crippen molar-refractivity contribution in [2.75, 3.05) is 0 Å². The molecule has 0 fully saturated rings. The van der Waals surface area contributed by atoms with Crippen LogP contribution in [0, 0.1) is 9.81 Å². The number of hydrogen-bond acceptors (Lipinski definition) is 4. The van der Waals surface area contributed by atoms with E-state index in [0.717, 1.165) is 10.4 Å².